The highest BCUT2D eigenvalue weighted by molar-refractivity contribution is 7.90. The number of nitrogens with two attached hydrogens (primary N) is 1. The molecular formula is C17H18N2O6S2. The molecule has 0 spiro atoms. The van der Waals surface area contributed by atoms with Gasteiger partial charge in [-0.15, -0.1) is 11.3 Å². The number of sulfone groups is 1. The summed E-state index contributed by atoms with van der Waals surface area (Å²) in [6.45, 7) is 0. The Hall–Kier alpha value is -2.59. The fraction of sp³-hybridized carbons (Fsp3) is 0.294. The van der Waals surface area contributed by atoms with Crippen LogP contribution in [0.25, 0.3) is 0 Å². The third-order valence-electron chi connectivity index (χ3n) is 4.27. The molecule has 0 saturated carbocycles. The third kappa shape index (κ3) is 3.37. The van der Waals surface area contributed by atoms with Gasteiger partial charge in [0.05, 0.1) is 42.1 Å². The Kier molecular flexibility index (Phi) is 4.87. The van der Waals surface area contributed by atoms with E-state index in [1.807, 2.05) is 0 Å². The highest BCUT2D eigenvalue weighted by Crippen LogP contribution is 2.39. The molecule has 2 heterocycles. The maximum absolute atomic E-state index is 12.8. The van der Waals surface area contributed by atoms with E-state index in [1.54, 1.807) is 18.2 Å². The van der Waals surface area contributed by atoms with Crippen molar-refractivity contribution in [1.82, 2.24) is 4.90 Å². The fourth-order valence-electron chi connectivity index (χ4n) is 3.04. The number of nitrogen functional groups attached to an aromatic ring is 1. The van der Waals surface area contributed by atoms with Crippen molar-refractivity contribution in [2.75, 3.05) is 32.0 Å². The van der Waals surface area contributed by atoms with Crippen molar-refractivity contribution in [2.45, 2.75) is 6.04 Å². The molecule has 1 aliphatic heterocycles. The molecule has 1 unspecified atom stereocenters. The zero-order valence-electron chi connectivity index (χ0n) is 14.9. The molecular weight excluding hydrogens is 392 g/mol. The predicted octanol–water partition coefficient (Wildman–Crippen LogP) is 1.73. The molecule has 1 atom stereocenters. The molecule has 2 N–H and O–H groups in total. The van der Waals surface area contributed by atoms with Crippen molar-refractivity contribution in [1.29, 1.82) is 0 Å². The topological polar surface area (TPSA) is 116 Å². The summed E-state index contributed by atoms with van der Waals surface area (Å²) in [6.07, 6.45) is 1.05. The van der Waals surface area contributed by atoms with Crippen LogP contribution in [-0.2, 0) is 9.84 Å². The number of methoxy groups -OCH3 is 2. The van der Waals surface area contributed by atoms with Crippen LogP contribution in [0.4, 0.5) is 5.00 Å². The number of rotatable bonds is 6. The average Bonchev–Trinajstić information content (AvgIpc) is 3.11. The van der Waals surface area contributed by atoms with Crippen molar-refractivity contribution in [3.63, 3.8) is 0 Å². The molecule has 1 aromatic carbocycles. The number of benzene rings is 1. The second-order valence-electron chi connectivity index (χ2n) is 6.09. The molecule has 2 aromatic rings. The van der Waals surface area contributed by atoms with E-state index in [9.17, 15) is 18.0 Å². The van der Waals surface area contributed by atoms with E-state index in [4.69, 9.17) is 15.2 Å². The molecule has 144 valence electrons. The molecule has 27 heavy (non-hydrogen) atoms. The summed E-state index contributed by atoms with van der Waals surface area (Å²) in [5.74, 6) is -0.778. The lowest BCUT2D eigenvalue weighted by Crippen LogP contribution is -2.38. The third-order valence-corrected chi connectivity index (χ3v) is 6.00. The van der Waals surface area contributed by atoms with E-state index in [0.29, 0.717) is 17.1 Å². The quantitative estimate of drug-likeness (QED) is 0.721. The standard InChI is InChI=1S/C17H18N2O6S2/c1-24-12-5-4-9(6-13(12)25-2)11(8-27(3,22)23)19-16(20)10-7-26-15(18)14(10)17(19)21/h4-7,11H,8,18H2,1-3H3. The monoisotopic (exact) mass is 410 g/mol. The van der Waals surface area contributed by atoms with Gasteiger partial charge in [-0.2, -0.15) is 0 Å². The van der Waals surface area contributed by atoms with Gasteiger partial charge < -0.3 is 15.2 Å². The van der Waals surface area contributed by atoms with Gasteiger partial charge in [0.15, 0.2) is 11.5 Å². The lowest BCUT2D eigenvalue weighted by molar-refractivity contribution is 0.0598. The van der Waals surface area contributed by atoms with Gasteiger partial charge in [-0.3, -0.25) is 14.5 Å². The fourth-order valence-corrected chi connectivity index (χ4v) is 4.74. The highest BCUT2D eigenvalue weighted by Gasteiger charge is 2.44. The first-order chi connectivity index (χ1) is 12.7. The van der Waals surface area contributed by atoms with Crippen LogP contribution in [0.2, 0.25) is 0 Å². The largest absolute Gasteiger partial charge is 0.493 e. The van der Waals surface area contributed by atoms with Crippen molar-refractivity contribution in [3.8, 4) is 11.5 Å². The number of imide groups is 1. The SMILES string of the molecule is COc1ccc(C(CS(C)(=O)=O)N2C(=O)c3csc(N)c3C2=O)cc1OC. The predicted molar refractivity (Wildman–Crippen MR) is 101 cm³/mol. The summed E-state index contributed by atoms with van der Waals surface area (Å²) in [6, 6.07) is 3.74. The van der Waals surface area contributed by atoms with E-state index >= 15 is 0 Å². The second-order valence-corrected chi connectivity index (χ2v) is 9.19. The first kappa shape index (κ1) is 19.2. The van der Waals surface area contributed by atoms with Crippen LogP contribution < -0.4 is 15.2 Å². The molecule has 0 aliphatic carbocycles. The summed E-state index contributed by atoms with van der Waals surface area (Å²) in [5.41, 5.74) is 6.58. The smallest absolute Gasteiger partial charge is 0.265 e. The van der Waals surface area contributed by atoms with E-state index in [-0.39, 0.29) is 16.1 Å². The molecule has 10 heteroatoms. The number of hydrogen-bond donors (Lipinski definition) is 1. The normalized spacial score (nSPS) is 15.0. The lowest BCUT2D eigenvalue weighted by Gasteiger charge is -2.26. The Bertz CT molecular complexity index is 1030. The maximum Gasteiger partial charge on any atom is 0.265 e. The molecule has 0 radical (unpaired) electrons. The first-order valence-corrected chi connectivity index (χ1v) is 10.8. The van der Waals surface area contributed by atoms with Crippen LogP contribution in [-0.4, -0.2) is 51.4 Å². The van der Waals surface area contributed by atoms with Crippen molar-refractivity contribution < 1.29 is 27.5 Å². The minimum atomic E-state index is -3.52. The highest BCUT2D eigenvalue weighted by atomic mass is 32.2. The minimum absolute atomic E-state index is 0.129. The van der Waals surface area contributed by atoms with Crippen molar-refractivity contribution >= 4 is 38.0 Å². The molecule has 0 saturated heterocycles. The number of anilines is 1. The van der Waals surface area contributed by atoms with Crippen molar-refractivity contribution in [3.05, 3.63) is 40.3 Å². The van der Waals surface area contributed by atoms with Gasteiger partial charge >= 0.3 is 0 Å². The van der Waals surface area contributed by atoms with Crippen LogP contribution in [0.15, 0.2) is 23.6 Å². The maximum atomic E-state index is 12.8. The van der Waals surface area contributed by atoms with Gasteiger partial charge in [-0.05, 0) is 17.7 Å². The van der Waals surface area contributed by atoms with Crippen molar-refractivity contribution in [2.24, 2.45) is 0 Å². The van der Waals surface area contributed by atoms with Crippen LogP contribution in [0.5, 0.6) is 11.5 Å². The van der Waals surface area contributed by atoms with Gasteiger partial charge in [0.1, 0.15) is 9.84 Å². The van der Waals surface area contributed by atoms with Gasteiger partial charge in [0.25, 0.3) is 11.8 Å². The molecule has 3 rings (SSSR count). The van der Waals surface area contributed by atoms with E-state index < -0.39 is 33.4 Å². The zero-order valence-corrected chi connectivity index (χ0v) is 16.5. The van der Waals surface area contributed by atoms with Crippen LogP contribution in [0.1, 0.15) is 32.3 Å². The summed E-state index contributed by atoms with van der Waals surface area (Å²) in [7, 11) is -0.605. The number of hydrogen-bond acceptors (Lipinski definition) is 8. The minimum Gasteiger partial charge on any atom is -0.493 e. The van der Waals surface area contributed by atoms with Crippen LogP contribution in [0, 0.1) is 0 Å². The first-order valence-electron chi connectivity index (χ1n) is 7.82. The van der Waals surface area contributed by atoms with Gasteiger partial charge in [-0.1, -0.05) is 6.07 Å². The second kappa shape index (κ2) is 6.86. The summed E-state index contributed by atoms with van der Waals surface area (Å²) < 4.78 is 34.5. The number of nitrogens with zero attached hydrogens (tertiary/aromatic N) is 1. The number of carbonyl (C=O) groups is 2. The Labute approximate surface area is 160 Å². The Morgan fingerprint density at radius 1 is 1.15 bits per heavy atom. The molecule has 0 fully saturated rings. The number of thiophene rings is 1. The Morgan fingerprint density at radius 3 is 2.37 bits per heavy atom. The number of carbonyl (C=O) groups excluding carboxylic acids is 2. The number of ether oxygens (including phenoxy) is 2. The molecule has 8 nitrogen and oxygen atoms in total. The van der Waals surface area contributed by atoms with Gasteiger partial charge in [-0.25, -0.2) is 8.42 Å². The van der Waals surface area contributed by atoms with Crippen LogP contribution >= 0.6 is 11.3 Å². The average molecular weight is 410 g/mol. The zero-order chi connectivity index (χ0) is 19.9. The molecule has 2 amide bonds. The van der Waals surface area contributed by atoms with Crippen LogP contribution in [0.3, 0.4) is 0 Å². The lowest BCUT2D eigenvalue weighted by atomic mass is 10.1. The number of fused-ring (bicyclic) bond motifs is 1. The van der Waals surface area contributed by atoms with E-state index in [1.165, 1.54) is 19.6 Å². The Morgan fingerprint density at radius 2 is 1.81 bits per heavy atom. The van der Waals surface area contributed by atoms with Gasteiger partial charge in [0.2, 0.25) is 0 Å². The Balaban J connectivity index is 2.11. The summed E-state index contributed by atoms with van der Waals surface area (Å²) in [5, 5.41) is 1.74. The molecule has 1 aliphatic rings. The number of amides is 2. The molecule has 0 bridgehead atoms. The summed E-state index contributed by atoms with van der Waals surface area (Å²) >= 11 is 1.10. The molecule has 1 aromatic heterocycles. The van der Waals surface area contributed by atoms with E-state index in [2.05, 4.69) is 0 Å². The van der Waals surface area contributed by atoms with Gasteiger partial charge in [0, 0.05) is 11.6 Å². The van der Waals surface area contributed by atoms with E-state index in [0.717, 1.165) is 22.5 Å². The summed E-state index contributed by atoms with van der Waals surface area (Å²) in [4.78, 5) is 26.6.